The molecule has 1 aromatic heterocycles. The van der Waals surface area contributed by atoms with Crippen molar-refractivity contribution in [2.24, 2.45) is 0 Å². The zero-order chi connectivity index (χ0) is 19.7. The summed E-state index contributed by atoms with van der Waals surface area (Å²) in [6.45, 7) is 8.38. The molecule has 6 nitrogen and oxygen atoms in total. The van der Waals surface area contributed by atoms with Crippen LogP contribution in [0.15, 0.2) is 24.3 Å². The van der Waals surface area contributed by atoms with E-state index in [1.54, 1.807) is 0 Å². The lowest BCUT2D eigenvalue weighted by atomic mass is 9.81. The van der Waals surface area contributed by atoms with E-state index in [9.17, 15) is 4.79 Å². The molecule has 1 unspecified atom stereocenters. The van der Waals surface area contributed by atoms with Crippen molar-refractivity contribution in [3.8, 4) is 0 Å². The summed E-state index contributed by atoms with van der Waals surface area (Å²) in [4.78, 5) is 26.8. The van der Waals surface area contributed by atoms with Gasteiger partial charge in [0.1, 0.15) is 0 Å². The van der Waals surface area contributed by atoms with Crippen LogP contribution < -0.4 is 4.90 Å². The molecule has 1 aliphatic carbocycles. The minimum atomic E-state index is 0.156. The van der Waals surface area contributed by atoms with Crippen molar-refractivity contribution in [3.63, 3.8) is 0 Å². The van der Waals surface area contributed by atoms with Crippen LogP contribution in [0.2, 0.25) is 0 Å². The van der Waals surface area contributed by atoms with Gasteiger partial charge in [-0.2, -0.15) is 0 Å². The van der Waals surface area contributed by atoms with Gasteiger partial charge in [0.05, 0.1) is 23.6 Å². The summed E-state index contributed by atoms with van der Waals surface area (Å²) in [6, 6.07) is 8.48. The van der Waals surface area contributed by atoms with E-state index in [4.69, 9.17) is 10.1 Å². The number of rotatable bonds is 4. The van der Waals surface area contributed by atoms with E-state index in [0.29, 0.717) is 13.0 Å². The van der Waals surface area contributed by atoms with Gasteiger partial charge >= 0.3 is 0 Å². The zero-order valence-electron chi connectivity index (χ0n) is 16.7. The summed E-state index contributed by atoms with van der Waals surface area (Å²) in [6.07, 6.45) is 1.31. The summed E-state index contributed by atoms with van der Waals surface area (Å²) in [7, 11) is 0. The van der Waals surface area contributed by atoms with Gasteiger partial charge < -0.3 is 10.0 Å². The second kappa shape index (κ2) is 7.97. The fourth-order valence-corrected chi connectivity index (χ4v) is 4.29. The summed E-state index contributed by atoms with van der Waals surface area (Å²) in [5.41, 5.74) is 4.85. The maximum Gasteiger partial charge on any atom is 0.225 e. The molecule has 1 atom stereocenters. The van der Waals surface area contributed by atoms with Crippen LogP contribution in [0.1, 0.15) is 45.2 Å². The number of carbonyl (C=O) groups excluding carboxylic acids is 1. The van der Waals surface area contributed by atoms with E-state index in [-0.39, 0.29) is 18.3 Å². The highest BCUT2D eigenvalue weighted by Gasteiger charge is 2.31. The number of aliphatic hydroxyl groups excluding tert-OH is 1. The van der Waals surface area contributed by atoms with Crippen LogP contribution in [-0.2, 0) is 6.42 Å². The number of piperazine rings is 1. The molecule has 0 spiro atoms. The van der Waals surface area contributed by atoms with Gasteiger partial charge in [0.2, 0.25) is 5.95 Å². The van der Waals surface area contributed by atoms with Gasteiger partial charge in [0, 0.05) is 39.1 Å². The first-order chi connectivity index (χ1) is 13.5. The van der Waals surface area contributed by atoms with Gasteiger partial charge in [-0.05, 0) is 31.7 Å². The van der Waals surface area contributed by atoms with Gasteiger partial charge in [0.25, 0.3) is 0 Å². The number of benzene rings is 1. The van der Waals surface area contributed by atoms with Gasteiger partial charge in [0.15, 0.2) is 5.78 Å². The van der Waals surface area contributed by atoms with Crippen LogP contribution >= 0.6 is 0 Å². The highest BCUT2D eigenvalue weighted by Crippen LogP contribution is 2.34. The molecule has 0 saturated carbocycles. The molecule has 148 valence electrons. The predicted octanol–water partition coefficient (Wildman–Crippen LogP) is 2.12. The van der Waals surface area contributed by atoms with Crippen molar-refractivity contribution in [1.82, 2.24) is 14.9 Å². The first-order valence-corrected chi connectivity index (χ1v) is 10.1. The van der Waals surface area contributed by atoms with E-state index in [1.165, 1.54) is 11.1 Å². The smallest absolute Gasteiger partial charge is 0.225 e. The maximum absolute atomic E-state index is 12.8. The lowest BCUT2D eigenvalue weighted by molar-refractivity contribution is 0.0962. The van der Waals surface area contributed by atoms with Crippen LogP contribution in [-0.4, -0.2) is 65.1 Å². The molecule has 2 aliphatic rings. The van der Waals surface area contributed by atoms with Crippen LogP contribution in [0.4, 0.5) is 5.95 Å². The van der Waals surface area contributed by atoms with Crippen LogP contribution in [0.5, 0.6) is 0 Å². The second-order valence-corrected chi connectivity index (χ2v) is 7.92. The molecular weight excluding hydrogens is 352 g/mol. The van der Waals surface area contributed by atoms with Crippen LogP contribution in [0.3, 0.4) is 0 Å². The van der Waals surface area contributed by atoms with E-state index in [2.05, 4.69) is 46.0 Å². The average molecular weight is 380 g/mol. The Kier molecular flexibility index (Phi) is 5.42. The minimum Gasteiger partial charge on any atom is -0.395 e. The first-order valence-electron chi connectivity index (χ1n) is 10.1. The second-order valence-electron chi connectivity index (χ2n) is 7.92. The molecule has 2 aromatic rings. The molecule has 0 bridgehead atoms. The topological polar surface area (TPSA) is 69.6 Å². The number of aliphatic hydroxyl groups is 1. The van der Waals surface area contributed by atoms with Crippen LogP contribution in [0.25, 0.3) is 0 Å². The number of aryl methyl sites for hydroxylation is 2. The van der Waals surface area contributed by atoms with Crippen molar-refractivity contribution in [2.45, 2.75) is 32.6 Å². The van der Waals surface area contributed by atoms with Crippen LogP contribution in [0, 0.1) is 13.8 Å². The number of ketones is 1. The molecule has 0 radical (unpaired) electrons. The number of nitrogens with zero attached hydrogens (tertiary/aromatic N) is 4. The monoisotopic (exact) mass is 380 g/mol. The quantitative estimate of drug-likeness (QED) is 0.876. The number of Topliss-reactive ketones (excluding diaryl/α,β-unsaturated/α-hetero) is 1. The fourth-order valence-electron chi connectivity index (χ4n) is 4.29. The lowest BCUT2D eigenvalue weighted by Crippen LogP contribution is -2.48. The molecule has 6 heteroatoms. The Labute approximate surface area is 166 Å². The molecule has 1 aliphatic heterocycles. The van der Waals surface area contributed by atoms with Crippen molar-refractivity contribution in [1.29, 1.82) is 0 Å². The SMILES string of the molecule is Cc1ccc(C2CC(=O)c3c(C)nc(N4CCN(CCO)CC4)nc3C2)cc1. The maximum atomic E-state index is 12.8. The molecule has 1 saturated heterocycles. The number of fused-ring (bicyclic) bond motifs is 1. The van der Waals surface area contributed by atoms with Crippen molar-refractivity contribution in [3.05, 3.63) is 52.3 Å². The molecule has 0 amide bonds. The molecule has 28 heavy (non-hydrogen) atoms. The van der Waals surface area contributed by atoms with E-state index in [1.807, 2.05) is 6.92 Å². The van der Waals surface area contributed by atoms with Gasteiger partial charge in [-0.3, -0.25) is 9.69 Å². The number of hydrogen-bond donors (Lipinski definition) is 1. The van der Waals surface area contributed by atoms with Gasteiger partial charge in [-0.1, -0.05) is 29.8 Å². The Morgan fingerprint density at radius 2 is 1.75 bits per heavy atom. The van der Waals surface area contributed by atoms with E-state index in [0.717, 1.165) is 55.5 Å². The van der Waals surface area contributed by atoms with E-state index >= 15 is 0 Å². The number of β-amino-alcohol motifs (C(OH)–C–C–N with tert-alkyl or cyclic N) is 1. The Morgan fingerprint density at radius 1 is 1.04 bits per heavy atom. The third-order valence-electron chi connectivity index (χ3n) is 5.92. The first kappa shape index (κ1) is 19.0. The van der Waals surface area contributed by atoms with Gasteiger partial charge in [-0.25, -0.2) is 9.97 Å². The Bertz CT molecular complexity index is 858. The largest absolute Gasteiger partial charge is 0.395 e. The highest BCUT2D eigenvalue weighted by molar-refractivity contribution is 5.99. The Balaban J connectivity index is 1.57. The fraction of sp³-hybridized carbons (Fsp3) is 0.500. The third kappa shape index (κ3) is 3.80. The predicted molar refractivity (Wildman–Crippen MR) is 109 cm³/mol. The summed E-state index contributed by atoms with van der Waals surface area (Å²) < 4.78 is 0. The molecule has 1 fully saturated rings. The minimum absolute atomic E-state index is 0.156. The summed E-state index contributed by atoms with van der Waals surface area (Å²) in [5, 5.41) is 9.12. The number of aromatic nitrogens is 2. The molecule has 1 aromatic carbocycles. The highest BCUT2D eigenvalue weighted by atomic mass is 16.3. The third-order valence-corrected chi connectivity index (χ3v) is 5.92. The Morgan fingerprint density at radius 3 is 2.43 bits per heavy atom. The van der Waals surface area contributed by atoms with Crippen molar-refractivity contribution < 1.29 is 9.90 Å². The van der Waals surface area contributed by atoms with Gasteiger partial charge in [-0.15, -0.1) is 0 Å². The number of anilines is 1. The summed E-state index contributed by atoms with van der Waals surface area (Å²) in [5.74, 6) is 1.07. The lowest BCUT2D eigenvalue weighted by Gasteiger charge is -2.35. The summed E-state index contributed by atoms with van der Waals surface area (Å²) >= 11 is 0. The molecular formula is C22H28N4O2. The molecule has 4 rings (SSSR count). The normalized spacial score (nSPS) is 20.3. The number of hydrogen-bond acceptors (Lipinski definition) is 6. The standard InChI is InChI=1S/C22H28N4O2/c1-15-3-5-17(6-4-15)18-13-19-21(20(28)14-18)16(2)23-22(24-19)26-9-7-25(8-10-26)11-12-27/h3-6,18,27H,7-14H2,1-2H3. The Hall–Kier alpha value is -2.31. The average Bonchev–Trinajstić information content (AvgIpc) is 2.68. The molecule has 1 N–H and O–H groups in total. The zero-order valence-corrected chi connectivity index (χ0v) is 16.7. The molecule has 2 heterocycles. The van der Waals surface area contributed by atoms with Crippen molar-refractivity contribution >= 4 is 11.7 Å². The van der Waals surface area contributed by atoms with E-state index < -0.39 is 0 Å². The van der Waals surface area contributed by atoms with Crippen molar-refractivity contribution in [2.75, 3.05) is 44.2 Å². The number of carbonyl (C=O) groups is 1.